The van der Waals surface area contributed by atoms with Crippen LogP contribution in [0.15, 0.2) is 59.9 Å². The standard InChI is InChI=1S/C20H15ClN10/c1-31-29-17(28-30-31)15-8-3-2-5-12(15)10-22-19-16-18(23-11-24-20(16)27-26-19)25-14-7-4-6-13(21)9-14/h2-11H,1H3,(H2,23,24,25,26,27)/b22-10+. The molecule has 0 fully saturated rings. The van der Waals surface area contributed by atoms with Gasteiger partial charge in [-0.05, 0) is 23.4 Å². The highest BCUT2D eigenvalue weighted by Gasteiger charge is 2.13. The molecule has 3 aromatic heterocycles. The normalized spacial score (nSPS) is 11.4. The molecule has 0 saturated carbocycles. The highest BCUT2D eigenvalue weighted by molar-refractivity contribution is 6.30. The first-order valence-corrected chi connectivity index (χ1v) is 9.64. The second-order valence-electron chi connectivity index (χ2n) is 6.58. The fourth-order valence-corrected chi connectivity index (χ4v) is 3.26. The lowest BCUT2D eigenvalue weighted by atomic mass is 10.1. The van der Waals surface area contributed by atoms with E-state index in [4.69, 9.17) is 11.6 Å². The van der Waals surface area contributed by atoms with Gasteiger partial charge in [0.1, 0.15) is 17.5 Å². The third-order valence-electron chi connectivity index (χ3n) is 4.46. The first kappa shape index (κ1) is 18.8. The summed E-state index contributed by atoms with van der Waals surface area (Å²) in [6, 6.07) is 15.0. The molecule has 0 aliphatic heterocycles. The SMILES string of the molecule is Cn1nnc(-c2ccccc2/C=N/c2n[nH]c3ncnc(Nc4cccc(Cl)c4)c23)n1. The molecule has 5 rings (SSSR count). The van der Waals surface area contributed by atoms with E-state index in [1.54, 1.807) is 19.3 Å². The monoisotopic (exact) mass is 430 g/mol. The molecular formula is C20H15ClN10. The summed E-state index contributed by atoms with van der Waals surface area (Å²) in [6.07, 6.45) is 3.16. The van der Waals surface area contributed by atoms with Crippen LogP contribution >= 0.6 is 11.6 Å². The maximum absolute atomic E-state index is 6.09. The van der Waals surface area contributed by atoms with E-state index in [1.165, 1.54) is 11.1 Å². The molecule has 2 aromatic carbocycles. The molecule has 0 saturated heterocycles. The molecule has 0 spiro atoms. The topological polar surface area (TPSA) is 122 Å². The third kappa shape index (κ3) is 3.83. The predicted molar refractivity (Wildman–Crippen MR) is 118 cm³/mol. The molecule has 0 unspecified atom stereocenters. The van der Waals surface area contributed by atoms with E-state index >= 15 is 0 Å². The van der Waals surface area contributed by atoms with Crippen LogP contribution in [0.2, 0.25) is 5.02 Å². The molecule has 0 bridgehead atoms. The van der Waals surface area contributed by atoms with E-state index in [9.17, 15) is 0 Å². The zero-order chi connectivity index (χ0) is 21.2. The lowest BCUT2D eigenvalue weighted by molar-refractivity contribution is 0.630. The van der Waals surface area contributed by atoms with E-state index in [0.717, 1.165) is 16.8 Å². The summed E-state index contributed by atoms with van der Waals surface area (Å²) < 4.78 is 0. The van der Waals surface area contributed by atoms with Crippen LogP contribution in [0.3, 0.4) is 0 Å². The van der Waals surface area contributed by atoms with E-state index < -0.39 is 0 Å². The Kier molecular flexibility index (Phi) is 4.81. The number of nitrogens with one attached hydrogen (secondary N) is 2. The summed E-state index contributed by atoms with van der Waals surface area (Å²) in [4.78, 5) is 14.6. The Morgan fingerprint density at radius 2 is 2.03 bits per heavy atom. The first-order valence-electron chi connectivity index (χ1n) is 9.26. The van der Waals surface area contributed by atoms with Gasteiger partial charge in [0.15, 0.2) is 11.5 Å². The second kappa shape index (κ2) is 7.92. The smallest absolute Gasteiger partial charge is 0.205 e. The molecule has 10 nitrogen and oxygen atoms in total. The minimum Gasteiger partial charge on any atom is -0.339 e. The van der Waals surface area contributed by atoms with E-state index in [-0.39, 0.29) is 0 Å². The van der Waals surface area contributed by atoms with Crippen molar-refractivity contribution in [1.29, 1.82) is 0 Å². The molecular weight excluding hydrogens is 416 g/mol. The van der Waals surface area contributed by atoms with E-state index in [2.05, 4.69) is 45.9 Å². The number of hydrogen-bond acceptors (Lipinski definition) is 8. The quantitative estimate of drug-likeness (QED) is 0.407. The number of fused-ring (bicyclic) bond motifs is 1. The number of aliphatic imine (C=N–C) groups is 1. The molecule has 2 N–H and O–H groups in total. The Bertz CT molecular complexity index is 1400. The predicted octanol–water partition coefficient (Wildman–Crippen LogP) is 3.69. The average molecular weight is 431 g/mol. The molecule has 0 aliphatic carbocycles. The van der Waals surface area contributed by atoms with Crippen molar-refractivity contribution in [2.75, 3.05) is 5.32 Å². The highest BCUT2D eigenvalue weighted by Crippen LogP contribution is 2.30. The number of tetrazole rings is 1. The van der Waals surface area contributed by atoms with Gasteiger partial charge < -0.3 is 5.32 Å². The van der Waals surface area contributed by atoms with E-state index in [0.29, 0.717) is 33.5 Å². The van der Waals surface area contributed by atoms with Gasteiger partial charge in [0, 0.05) is 28.1 Å². The maximum Gasteiger partial charge on any atom is 0.205 e. The van der Waals surface area contributed by atoms with Gasteiger partial charge in [-0.25, -0.2) is 15.0 Å². The van der Waals surface area contributed by atoms with Crippen LogP contribution < -0.4 is 5.32 Å². The molecule has 0 aliphatic rings. The summed E-state index contributed by atoms with van der Waals surface area (Å²) in [5.41, 5.74) is 3.00. The Labute approximate surface area is 181 Å². The second-order valence-corrected chi connectivity index (χ2v) is 7.01. The van der Waals surface area contributed by atoms with Crippen molar-refractivity contribution in [1.82, 2.24) is 40.4 Å². The number of benzene rings is 2. The zero-order valence-electron chi connectivity index (χ0n) is 16.2. The lowest BCUT2D eigenvalue weighted by Crippen LogP contribution is -1.95. The zero-order valence-corrected chi connectivity index (χ0v) is 17.0. The number of nitrogens with zero attached hydrogens (tertiary/aromatic N) is 8. The Hall–Kier alpha value is -4.18. The van der Waals surface area contributed by atoms with Gasteiger partial charge in [-0.1, -0.05) is 41.9 Å². The van der Waals surface area contributed by atoms with Gasteiger partial charge in [0.2, 0.25) is 5.82 Å². The Morgan fingerprint density at radius 1 is 1.13 bits per heavy atom. The number of aromatic nitrogens is 8. The van der Waals surface area contributed by atoms with Gasteiger partial charge in [-0.15, -0.1) is 10.2 Å². The molecule has 0 amide bonds. The Morgan fingerprint density at radius 3 is 2.87 bits per heavy atom. The molecule has 3 heterocycles. The number of aryl methyl sites for hydroxylation is 1. The Balaban J connectivity index is 1.53. The maximum atomic E-state index is 6.09. The van der Waals surface area contributed by atoms with Gasteiger partial charge in [-0.2, -0.15) is 9.90 Å². The number of anilines is 2. The molecule has 31 heavy (non-hydrogen) atoms. The highest BCUT2D eigenvalue weighted by atomic mass is 35.5. The molecule has 5 aromatic rings. The van der Waals surface area contributed by atoms with Gasteiger partial charge >= 0.3 is 0 Å². The van der Waals surface area contributed by atoms with Crippen LogP contribution in [0.4, 0.5) is 17.3 Å². The summed E-state index contributed by atoms with van der Waals surface area (Å²) >= 11 is 6.09. The molecule has 0 radical (unpaired) electrons. The lowest BCUT2D eigenvalue weighted by Gasteiger charge is -2.06. The van der Waals surface area contributed by atoms with Crippen molar-refractivity contribution in [2.24, 2.45) is 12.0 Å². The average Bonchev–Trinajstić information content (AvgIpc) is 3.39. The first-order chi connectivity index (χ1) is 15.2. The molecule has 11 heteroatoms. The minimum atomic E-state index is 0.446. The number of halogens is 1. The largest absolute Gasteiger partial charge is 0.339 e. The van der Waals surface area contributed by atoms with Gasteiger partial charge in [0.05, 0.1) is 7.05 Å². The number of hydrogen-bond donors (Lipinski definition) is 2. The minimum absolute atomic E-state index is 0.446. The summed E-state index contributed by atoms with van der Waals surface area (Å²) in [5, 5.41) is 24.0. The number of rotatable bonds is 5. The van der Waals surface area contributed by atoms with Crippen molar-refractivity contribution in [3.63, 3.8) is 0 Å². The van der Waals surface area contributed by atoms with Crippen molar-refractivity contribution < 1.29 is 0 Å². The van der Waals surface area contributed by atoms with Crippen molar-refractivity contribution in [3.05, 3.63) is 65.4 Å². The summed E-state index contributed by atoms with van der Waals surface area (Å²) in [5.74, 6) is 1.53. The molecule has 0 atom stereocenters. The van der Waals surface area contributed by atoms with Crippen LogP contribution in [0.25, 0.3) is 22.4 Å². The fraction of sp³-hybridized carbons (Fsp3) is 0.0500. The van der Waals surface area contributed by atoms with Gasteiger partial charge in [0.25, 0.3) is 0 Å². The van der Waals surface area contributed by atoms with Crippen molar-refractivity contribution >= 4 is 46.2 Å². The summed E-state index contributed by atoms with van der Waals surface area (Å²) in [7, 11) is 1.72. The van der Waals surface area contributed by atoms with Crippen LogP contribution in [0.1, 0.15) is 5.56 Å². The summed E-state index contributed by atoms with van der Waals surface area (Å²) in [6.45, 7) is 0. The van der Waals surface area contributed by atoms with Crippen LogP contribution in [-0.2, 0) is 7.05 Å². The van der Waals surface area contributed by atoms with Crippen molar-refractivity contribution in [3.8, 4) is 11.4 Å². The van der Waals surface area contributed by atoms with Crippen LogP contribution in [-0.4, -0.2) is 46.6 Å². The van der Waals surface area contributed by atoms with Gasteiger partial charge in [-0.3, -0.25) is 5.10 Å². The third-order valence-corrected chi connectivity index (χ3v) is 4.70. The number of aromatic amines is 1. The van der Waals surface area contributed by atoms with Crippen LogP contribution in [0.5, 0.6) is 0 Å². The molecule has 152 valence electrons. The number of H-pyrrole nitrogens is 1. The van der Waals surface area contributed by atoms with Crippen LogP contribution in [0, 0.1) is 0 Å². The van der Waals surface area contributed by atoms with Crippen molar-refractivity contribution in [2.45, 2.75) is 0 Å². The fourth-order valence-electron chi connectivity index (χ4n) is 3.07. The van der Waals surface area contributed by atoms with E-state index in [1.807, 2.05) is 42.5 Å².